The Labute approximate surface area is 79.5 Å². The minimum Gasteiger partial charge on any atom is -0.458 e. The van der Waals surface area contributed by atoms with Gasteiger partial charge in [0.1, 0.15) is 0 Å². The van der Waals surface area contributed by atoms with Gasteiger partial charge in [-0.15, -0.1) is 0 Å². The standard InChI is InChI=1S/C10H17N2O/c1-12-7-3-5-10(8-12)4-2-6-11-9(10)13/h1-8H2,(H,11,13)/q-1. The molecule has 74 valence electrons. The molecule has 0 radical (unpaired) electrons. The fourth-order valence-electron chi connectivity index (χ4n) is 2.55. The molecule has 0 aromatic rings. The fraction of sp³-hybridized carbons (Fsp3) is 0.800. The topological polar surface area (TPSA) is 32.3 Å². The van der Waals surface area contributed by atoms with Crippen LogP contribution in [0.4, 0.5) is 0 Å². The number of amides is 1. The molecule has 0 saturated carbocycles. The summed E-state index contributed by atoms with van der Waals surface area (Å²) in [5.41, 5.74) is -0.0990. The van der Waals surface area contributed by atoms with Crippen molar-refractivity contribution >= 4 is 5.91 Å². The molecule has 0 bridgehead atoms. The van der Waals surface area contributed by atoms with Gasteiger partial charge in [-0.2, -0.15) is 0 Å². The van der Waals surface area contributed by atoms with E-state index >= 15 is 0 Å². The first-order chi connectivity index (χ1) is 6.23. The molecule has 2 fully saturated rings. The lowest BCUT2D eigenvalue weighted by Gasteiger charge is -2.45. The lowest BCUT2D eigenvalue weighted by molar-refractivity contribution is -0.136. The minimum absolute atomic E-state index is 0.0990. The highest BCUT2D eigenvalue weighted by Crippen LogP contribution is 2.36. The van der Waals surface area contributed by atoms with Gasteiger partial charge >= 0.3 is 0 Å². The molecule has 3 nitrogen and oxygen atoms in total. The summed E-state index contributed by atoms with van der Waals surface area (Å²) in [5, 5.41) is 2.97. The average molecular weight is 181 g/mol. The molecule has 1 N–H and O–H groups in total. The summed E-state index contributed by atoms with van der Waals surface area (Å²) in [5.74, 6) is 0.257. The van der Waals surface area contributed by atoms with E-state index in [-0.39, 0.29) is 11.3 Å². The van der Waals surface area contributed by atoms with Gasteiger partial charge in [0.25, 0.3) is 0 Å². The van der Waals surface area contributed by atoms with E-state index in [2.05, 4.69) is 12.4 Å². The Kier molecular flexibility index (Phi) is 2.28. The number of hydrogen-bond acceptors (Lipinski definition) is 2. The van der Waals surface area contributed by atoms with Gasteiger partial charge in [0.2, 0.25) is 5.91 Å². The Hall–Kier alpha value is -0.570. The summed E-state index contributed by atoms with van der Waals surface area (Å²) < 4.78 is 0. The van der Waals surface area contributed by atoms with Gasteiger partial charge in [0.05, 0.1) is 5.41 Å². The number of likely N-dealkylation sites (tertiary alicyclic amines) is 1. The van der Waals surface area contributed by atoms with Crippen LogP contribution in [0, 0.1) is 12.5 Å². The average Bonchev–Trinajstić information content (AvgIpc) is 2.11. The van der Waals surface area contributed by atoms with Crippen molar-refractivity contribution in [1.29, 1.82) is 0 Å². The Bertz CT molecular complexity index is 213. The minimum atomic E-state index is -0.0990. The van der Waals surface area contributed by atoms with Crippen molar-refractivity contribution in [2.75, 3.05) is 19.6 Å². The van der Waals surface area contributed by atoms with E-state index in [9.17, 15) is 4.79 Å². The summed E-state index contributed by atoms with van der Waals surface area (Å²) in [7, 11) is 3.93. The molecule has 2 saturated heterocycles. The van der Waals surface area contributed by atoms with E-state index < -0.39 is 0 Å². The van der Waals surface area contributed by atoms with Crippen LogP contribution in [0.25, 0.3) is 0 Å². The lowest BCUT2D eigenvalue weighted by Crippen LogP contribution is -2.53. The van der Waals surface area contributed by atoms with Crippen LogP contribution < -0.4 is 5.32 Å². The van der Waals surface area contributed by atoms with Crippen LogP contribution in [-0.4, -0.2) is 30.4 Å². The lowest BCUT2D eigenvalue weighted by atomic mass is 9.74. The highest BCUT2D eigenvalue weighted by Gasteiger charge is 2.41. The maximum atomic E-state index is 11.8. The first-order valence-electron chi connectivity index (χ1n) is 5.07. The van der Waals surface area contributed by atoms with Crippen LogP contribution in [0.1, 0.15) is 25.7 Å². The summed E-state index contributed by atoms with van der Waals surface area (Å²) in [4.78, 5) is 13.8. The third kappa shape index (κ3) is 1.57. The van der Waals surface area contributed by atoms with Gasteiger partial charge in [-0.25, -0.2) is 0 Å². The van der Waals surface area contributed by atoms with Crippen molar-refractivity contribution in [3.63, 3.8) is 0 Å². The maximum absolute atomic E-state index is 11.8. The van der Waals surface area contributed by atoms with Gasteiger partial charge in [-0.05, 0) is 38.8 Å². The molecular weight excluding hydrogens is 164 g/mol. The number of carbonyl (C=O) groups excluding carboxylic acids is 1. The smallest absolute Gasteiger partial charge is 0.227 e. The predicted octanol–water partition coefficient (Wildman–Crippen LogP) is 0.770. The second-order valence-corrected chi connectivity index (χ2v) is 4.30. The number of piperidine rings is 2. The van der Waals surface area contributed by atoms with E-state index in [0.717, 1.165) is 45.3 Å². The molecule has 2 rings (SSSR count). The SMILES string of the molecule is [CH2-]N1CCCC2(CCCNC2=O)C1. The highest BCUT2D eigenvalue weighted by molar-refractivity contribution is 5.83. The van der Waals surface area contributed by atoms with Crippen molar-refractivity contribution in [2.24, 2.45) is 5.41 Å². The van der Waals surface area contributed by atoms with E-state index in [1.165, 1.54) is 0 Å². The van der Waals surface area contributed by atoms with Gasteiger partial charge < -0.3 is 10.2 Å². The zero-order chi connectivity index (χ0) is 9.31. The Morgan fingerprint density at radius 2 is 2.15 bits per heavy atom. The normalized spacial score (nSPS) is 36.2. The molecule has 1 amide bonds. The molecule has 0 aliphatic carbocycles. The number of carbonyl (C=O) groups is 1. The molecule has 1 spiro atoms. The molecule has 3 heteroatoms. The Balaban J connectivity index is 2.11. The maximum Gasteiger partial charge on any atom is 0.227 e. The van der Waals surface area contributed by atoms with Crippen LogP contribution in [0.2, 0.25) is 0 Å². The van der Waals surface area contributed by atoms with Gasteiger partial charge in [-0.3, -0.25) is 11.8 Å². The Morgan fingerprint density at radius 1 is 1.38 bits per heavy atom. The molecule has 2 aliphatic heterocycles. The third-order valence-corrected chi connectivity index (χ3v) is 3.26. The van der Waals surface area contributed by atoms with E-state index in [1.807, 2.05) is 4.90 Å². The molecule has 0 aromatic heterocycles. The first kappa shape index (κ1) is 9.00. The Morgan fingerprint density at radius 3 is 2.85 bits per heavy atom. The zero-order valence-electron chi connectivity index (χ0n) is 8.01. The molecule has 1 unspecified atom stereocenters. The monoisotopic (exact) mass is 181 g/mol. The van der Waals surface area contributed by atoms with E-state index in [4.69, 9.17) is 0 Å². The van der Waals surface area contributed by atoms with Crippen LogP contribution in [0.5, 0.6) is 0 Å². The fourth-order valence-corrected chi connectivity index (χ4v) is 2.55. The molecular formula is C10H17N2O-. The van der Waals surface area contributed by atoms with Crippen LogP contribution >= 0.6 is 0 Å². The van der Waals surface area contributed by atoms with Crippen molar-refractivity contribution in [3.8, 4) is 0 Å². The summed E-state index contributed by atoms with van der Waals surface area (Å²) in [6.07, 6.45) is 4.33. The van der Waals surface area contributed by atoms with Gasteiger partial charge in [-0.1, -0.05) is 0 Å². The molecule has 2 heterocycles. The van der Waals surface area contributed by atoms with Gasteiger partial charge in [0, 0.05) is 6.54 Å². The quantitative estimate of drug-likeness (QED) is 0.560. The second-order valence-electron chi connectivity index (χ2n) is 4.30. The summed E-state index contributed by atoms with van der Waals surface area (Å²) in [6, 6.07) is 0. The van der Waals surface area contributed by atoms with E-state index in [1.54, 1.807) is 0 Å². The van der Waals surface area contributed by atoms with Crippen molar-refractivity contribution in [1.82, 2.24) is 10.2 Å². The summed E-state index contributed by atoms with van der Waals surface area (Å²) >= 11 is 0. The van der Waals surface area contributed by atoms with Crippen LogP contribution in [0.3, 0.4) is 0 Å². The number of hydrogen-bond donors (Lipinski definition) is 1. The highest BCUT2D eigenvalue weighted by atomic mass is 16.2. The van der Waals surface area contributed by atoms with Crippen molar-refractivity contribution < 1.29 is 4.79 Å². The number of nitrogens with one attached hydrogen (secondary N) is 1. The molecule has 13 heavy (non-hydrogen) atoms. The predicted molar refractivity (Wildman–Crippen MR) is 50.8 cm³/mol. The van der Waals surface area contributed by atoms with E-state index in [0.29, 0.717) is 0 Å². The second kappa shape index (κ2) is 3.29. The van der Waals surface area contributed by atoms with Gasteiger partial charge in [0.15, 0.2) is 0 Å². The number of nitrogens with zero attached hydrogens (tertiary/aromatic N) is 1. The molecule has 1 atom stereocenters. The summed E-state index contributed by atoms with van der Waals surface area (Å²) in [6.45, 7) is 2.74. The van der Waals surface area contributed by atoms with Crippen molar-refractivity contribution in [2.45, 2.75) is 25.7 Å². The molecule has 2 aliphatic rings. The first-order valence-corrected chi connectivity index (χ1v) is 5.07. The largest absolute Gasteiger partial charge is 0.458 e. The van der Waals surface area contributed by atoms with Crippen molar-refractivity contribution in [3.05, 3.63) is 7.05 Å². The number of rotatable bonds is 0. The van der Waals surface area contributed by atoms with Crippen LogP contribution in [0.15, 0.2) is 0 Å². The molecule has 0 aromatic carbocycles. The third-order valence-electron chi connectivity index (χ3n) is 3.26. The zero-order valence-corrected chi connectivity index (χ0v) is 8.01. The van der Waals surface area contributed by atoms with Crippen LogP contribution in [-0.2, 0) is 4.79 Å².